The van der Waals surface area contributed by atoms with Crippen molar-refractivity contribution in [1.82, 2.24) is 10.2 Å². The van der Waals surface area contributed by atoms with Crippen molar-refractivity contribution in [2.24, 2.45) is 5.92 Å². The summed E-state index contributed by atoms with van der Waals surface area (Å²) < 4.78 is 0. The smallest absolute Gasteiger partial charge is 0.216 e. The molecule has 0 unspecified atom stereocenters. The Morgan fingerprint density at radius 3 is 2.36 bits per heavy atom. The quantitative estimate of drug-likeness (QED) is 0.912. The van der Waals surface area contributed by atoms with Crippen LogP contribution < -0.4 is 5.32 Å². The Morgan fingerprint density at radius 1 is 1.24 bits per heavy atom. The van der Waals surface area contributed by atoms with E-state index in [4.69, 9.17) is 0 Å². The summed E-state index contributed by atoms with van der Waals surface area (Å²) in [4.78, 5) is 13.5. The third-order valence-electron chi connectivity index (χ3n) is 5.49. The first-order valence-electron chi connectivity index (χ1n) is 9.58. The van der Waals surface area contributed by atoms with Gasteiger partial charge in [0.25, 0.3) is 0 Å². The maximum absolute atomic E-state index is 11.0. The van der Waals surface area contributed by atoms with Gasteiger partial charge in [0.1, 0.15) is 0 Å². The van der Waals surface area contributed by atoms with Crippen molar-refractivity contribution in [2.45, 2.75) is 57.9 Å². The third-order valence-corrected chi connectivity index (χ3v) is 5.49. The monoisotopic (exact) mass is 341 g/mol. The molecule has 1 N–H and O–H groups in total. The lowest BCUT2D eigenvalue weighted by Gasteiger charge is -2.48. The third kappa shape index (κ3) is 4.61. The largest absolute Gasteiger partial charge is 0.356 e. The van der Waals surface area contributed by atoms with Crippen LogP contribution in [0.2, 0.25) is 0 Å². The summed E-state index contributed by atoms with van der Waals surface area (Å²) in [7, 11) is 0. The van der Waals surface area contributed by atoms with Crippen molar-refractivity contribution in [3.63, 3.8) is 0 Å². The van der Waals surface area contributed by atoms with Crippen LogP contribution >= 0.6 is 0 Å². The van der Waals surface area contributed by atoms with Crippen LogP contribution in [-0.4, -0.2) is 36.5 Å². The first-order valence-corrected chi connectivity index (χ1v) is 9.58. The molecule has 2 aliphatic rings. The molecule has 1 saturated carbocycles. The maximum atomic E-state index is 11.0. The molecule has 4 nitrogen and oxygen atoms in total. The molecule has 3 rings (SSSR count). The fourth-order valence-electron chi connectivity index (χ4n) is 4.01. The number of nitrogens with one attached hydrogen (secondary N) is 1. The number of carbonyl (C=O) groups excluding carboxylic acids is 1. The lowest BCUT2D eigenvalue weighted by atomic mass is 9.68. The predicted octanol–water partition coefficient (Wildman–Crippen LogP) is 3.48. The summed E-state index contributed by atoms with van der Waals surface area (Å²) in [5.41, 5.74) is 0.881. The van der Waals surface area contributed by atoms with Gasteiger partial charge in [0.15, 0.2) is 0 Å². The van der Waals surface area contributed by atoms with Gasteiger partial charge in [-0.3, -0.25) is 9.69 Å². The normalized spacial score (nSPS) is 26.6. The maximum Gasteiger partial charge on any atom is 0.216 e. The molecule has 0 spiro atoms. The summed E-state index contributed by atoms with van der Waals surface area (Å²) >= 11 is 0. The molecule has 2 fully saturated rings. The lowest BCUT2D eigenvalue weighted by Crippen LogP contribution is -2.56. The Labute approximate surface area is 152 Å². The SMILES string of the molecule is CC.CC(=O)NCC1CN(C2CCC(C#N)(c3ccccc3)CC2)C1. The van der Waals surface area contributed by atoms with Crippen molar-refractivity contribution in [2.75, 3.05) is 19.6 Å². The molecule has 1 aromatic carbocycles. The minimum absolute atomic E-state index is 0.0581. The second-order valence-electron chi connectivity index (χ2n) is 7.05. The summed E-state index contributed by atoms with van der Waals surface area (Å²) in [5, 5.41) is 12.7. The standard InChI is InChI=1S/C19H25N3O.C2H6/c1-15(23)21-11-16-12-22(13-16)18-7-9-19(14-20,10-8-18)17-5-3-2-4-6-17;1-2/h2-6,16,18H,7-13H2,1H3,(H,21,23);1-2H3. The van der Waals surface area contributed by atoms with Gasteiger partial charge in [0.2, 0.25) is 5.91 Å². The molecular formula is C21H31N3O. The highest BCUT2D eigenvalue weighted by Crippen LogP contribution is 2.41. The Hall–Kier alpha value is -1.86. The molecule has 1 heterocycles. The number of likely N-dealkylation sites (tertiary alicyclic amines) is 1. The van der Waals surface area contributed by atoms with Crippen LogP contribution in [0, 0.1) is 17.2 Å². The second-order valence-corrected chi connectivity index (χ2v) is 7.05. The molecule has 0 atom stereocenters. The second kappa shape index (κ2) is 9.01. The van der Waals surface area contributed by atoms with E-state index in [1.807, 2.05) is 32.0 Å². The number of amides is 1. The highest BCUT2D eigenvalue weighted by molar-refractivity contribution is 5.72. The van der Waals surface area contributed by atoms with Crippen molar-refractivity contribution < 1.29 is 4.79 Å². The molecule has 136 valence electrons. The van der Waals surface area contributed by atoms with Crippen LogP contribution in [0.15, 0.2) is 30.3 Å². The fraction of sp³-hybridized carbons (Fsp3) is 0.619. The molecule has 0 radical (unpaired) electrons. The number of hydrogen-bond donors (Lipinski definition) is 1. The molecule has 25 heavy (non-hydrogen) atoms. The summed E-state index contributed by atoms with van der Waals surface area (Å²) in [6.07, 6.45) is 4.08. The van der Waals surface area contributed by atoms with Gasteiger partial charge in [-0.2, -0.15) is 5.26 Å². The Kier molecular flexibility index (Phi) is 7.01. The Morgan fingerprint density at radius 2 is 1.84 bits per heavy atom. The summed E-state index contributed by atoms with van der Waals surface area (Å²) in [5.74, 6) is 0.651. The van der Waals surface area contributed by atoms with Crippen molar-refractivity contribution in [3.05, 3.63) is 35.9 Å². The van der Waals surface area contributed by atoms with Gasteiger partial charge in [0, 0.05) is 38.5 Å². The first-order chi connectivity index (χ1) is 12.1. The van der Waals surface area contributed by atoms with Crippen LogP contribution in [-0.2, 0) is 10.2 Å². The number of rotatable bonds is 4. The number of hydrogen-bond acceptors (Lipinski definition) is 3. The van der Waals surface area contributed by atoms with E-state index < -0.39 is 0 Å². The zero-order valence-corrected chi connectivity index (χ0v) is 15.8. The van der Waals surface area contributed by atoms with Gasteiger partial charge in [-0.05, 0) is 31.2 Å². The molecule has 1 aromatic rings. The van der Waals surface area contributed by atoms with Gasteiger partial charge in [-0.1, -0.05) is 44.2 Å². The van der Waals surface area contributed by atoms with E-state index in [2.05, 4.69) is 28.4 Å². The van der Waals surface area contributed by atoms with E-state index >= 15 is 0 Å². The van der Waals surface area contributed by atoms with E-state index in [0.29, 0.717) is 12.0 Å². The fourth-order valence-corrected chi connectivity index (χ4v) is 4.01. The van der Waals surface area contributed by atoms with E-state index in [0.717, 1.165) is 45.3 Å². The highest BCUT2D eigenvalue weighted by Gasteiger charge is 2.41. The number of carbonyl (C=O) groups is 1. The number of nitriles is 1. The minimum Gasteiger partial charge on any atom is -0.356 e. The van der Waals surface area contributed by atoms with Crippen molar-refractivity contribution >= 4 is 5.91 Å². The summed E-state index contributed by atoms with van der Waals surface area (Å²) in [6.45, 7) is 8.53. The molecule has 0 aromatic heterocycles. The molecule has 1 saturated heterocycles. The van der Waals surface area contributed by atoms with Gasteiger partial charge < -0.3 is 5.32 Å². The highest BCUT2D eigenvalue weighted by atomic mass is 16.1. The number of benzene rings is 1. The average Bonchev–Trinajstić information content (AvgIpc) is 2.63. The van der Waals surface area contributed by atoms with E-state index in [1.54, 1.807) is 6.92 Å². The van der Waals surface area contributed by atoms with Gasteiger partial charge in [-0.15, -0.1) is 0 Å². The van der Waals surface area contributed by atoms with Crippen molar-refractivity contribution in [1.29, 1.82) is 5.26 Å². The Bertz CT molecular complexity index is 579. The predicted molar refractivity (Wildman–Crippen MR) is 101 cm³/mol. The van der Waals surface area contributed by atoms with Crippen LogP contribution in [0.5, 0.6) is 0 Å². The molecular weight excluding hydrogens is 310 g/mol. The van der Waals surface area contributed by atoms with Crippen molar-refractivity contribution in [3.8, 4) is 6.07 Å². The topological polar surface area (TPSA) is 56.1 Å². The van der Waals surface area contributed by atoms with Crippen LogP contribution in [0.1, 0.15) is 52.0 Å². The molecule has 1 aliphatic carbocycles. The minimum atomic E-state index is -0.293. The summed E-state index contributed by atoms with van der Waals surface area (Å²) in [6, 6.07) is 13.5. The van der Waals surface area contributed by atoms with Gasteiger partial charge >= 0.3 is 0 Å². The van der Waals surface area contributed by atoms with E-state index in [-0.39, 0.29) is 11.3 Å². The average molecular weight is 341 g/mol. The molecule has 4 heteroatoms. The van der Waals surface area contributed by atoms with Gasteiger partial charge in [0.05, 0.1) is 11.5 Å². The number of nitrogens with zero attached hydrogens (tertiary/aromatic N) is 2. The molecule has 0 bridgehead atoms. The lowest BCUT2D eigenvalue weighted by molar-refractivity contribution is -0.119. The zero-order valence-electron chi connectivity index (χ0n) is 15.8. The van der Waals surface area contributed by atoms with E-state index in [9.17, 15) is 10.1 Å². The van der Waals surface area contributed by atoms with Gasteiger partial charge in [-0.25, -0.2) is 0 Å². The van der Waals surface area contributed by atoms with Crippen LogP contribution in [0.25, 0.3) is 0 Å². The zero-order chi connectivity index (χ0) is 18.3. The van der Waals surface area contributed by atoms with Crippen LogP contribution in [0.4, 0.5) is 0 Å². The molecule has 1 amide bonds. The first kappa shape index (κ1) is 19.5. The van der Waals surface area contributed by atoms with E-state index in [1.165, 1.54) is 5.56 Å². The van der Waals surface area contributed by atoms with Crippen LogP contribution in [0.3, 0.4) is 0 Å². The molecule has 1 aliphatic heterocycles. The Balaban J connectivity index is 0.00000109.